The van der Waals surface area contributed by atoms with Crippen molar-refractivity contribution >= 4 is 27.8 Å². The first-order chi connectivity index (χ1) is 63.7. The number of nitrogens with zero attached hydrogens (tertiary/aromatic N) is 1. The third kappa shape index (κ3) is 14.9. The van der Waals surface area contributed by atoms with E-state index in [4.69, 9.17) is 0 Å². The van der Waals surface area contributed by atoms with Gasteiger partial charge in [-0.1, -0.05) is 431 Å². The van der Waals surface area contributed by atoms with Crippen molar-refractivity contribution in [3.8, 4) is 111 Å². The highest BCUT2D eigenvalue weighted by Crippen LogP contribution is 2.64. The van der Waals surface area contributed by atoms with Crippen molar-refractivity contribution in [2.75, 3.05) is 4.90 Å². The maximum absolute atomic E-state index is 2.74. The van der Waals surface area contributed by atoms with Crippen LogP contribution < -0.4 is 4.90 Å². The number of benzene rings is 14. The molecule has 0 unspecified atom stereocenters. The molecule has 20 rings (SSSR count). The van der Waals surface area contributed by atoms with Crippen molar-refractivity contribution in [3.05, 3.63) is 339 Å². The summed E-state index contributed by atoms with van der Waals surface area (Å²) in [5.74, 6) is 0. The summed E-state index contributed by atoms with van der Waals surface area (Å²) in [6, 6.07) is 105. The highest BCUT2D eigenvalue weighted by atomic mass is 15.2. The number of aryl methyl sites for hydroxylation is 2. The Bertz CT molecular complexity index is 6380. The molecular weight excluding hydrogens is 1580 g/mol. The van der Waals surface area contributed by atoms with E-state index in [1.165, 1.54) is 375 Å². The zero-order chi connectivity index (χ0) is 90.3. The van der Waals surface area contributed by atoms with Gasteiger partial charge in [0.15, 0.2) is 0 Å². The van der Waals surface area contributed by atoms with Crippen LogP contribution in [0.3, 0.4) is 0 Å². The van der Waals surface area contributed by atoms with Gasteiger partial charge in [0.1, 0.15) is 0 Å². The Kier molecular flexibility index (Phi) is 23.9. The summed E-state index contributed by atoms with van der Waals surface area (Å²) in [6.45, 7) is 34.0. The Labute approximate surface area is 786 Å². The first kappa shape index (κ1) is 88.1. The number of hydrogen-bond acceptors (Lipinski definition) is 1. The van der Waals surface area contributed by atoms with Gasteiger partial charge in [-0.05, 0) is 290 Å². The lowest BCUT2D eigenvalue weighted by Gasteiger charge is -2.34. The molecule has 14 aromatic carbocycles. The lowest BCUT2D eigenvalue weighted by molar-refractivity contribution is 0.398. The van der Waals surface area contributed by atoms with E-state index in [9.17, 15) is 0 Å². The van der Waals surface area contributed by atoms with E-state index in [1.807, 2.05) is 0 Å². The number of rotatable bonds is 35. The Morgan fingerprint density at radius 3 is 0.878 bits per heavy atom. The smallest absolute Gasteiger partial charge is 0.0544 e. The highest BCUT2D eigenvalue weighted by molar-refractivity contribution is 6.13. The summed E-state index contributed by atoms with van der Waals surface area (Å²) in [5.41, 5.74) is 49.4. The zero-order valence-electron chi connectivity index (χ0n) is 81.6. The molecule has 0 aromatic heterocycles. The van der Waals surface area contributed by atoms with Crippen LogP contribution in [0.1, 0.15) is 341 Å². The van der Waals surface area contributed by atoms with Crippen molar-refractivity contribution in [1.82, 2.24) is 0 Å². The van der Waals surface area contributed by atoms with Gasteiger partial charge in [0.25, 0.3) is 0 Å². The molecule has 0 N–H and O–H groups in total. The second kappa shape index (κ2) is 35.6. The number of unbranched alkanes of at least 4 members (excludes halogenated alkanes) is 20. The molecule has 1 heteroatoms. The average Bonchev–Trinajstić information content (AvgIpc) is 1.52. The quantitative estimate of drug-likeness (QED) is 0.0358. The van der Waals surface area contributed by atoms with Crippen LogP contribution in [0.25, 0.3) is 122 Å². The van der Waals surface area contributed by atoms with E-state index < -0.39 is 0 Å². The molecule has 14 aromatic rings. The molecular formula is C130H141N. The fraction of sp³-hybridized carbons (Fsp3) is 0.369. The fourth-order valence-corrected chi connectivity index (χ4v) is 26.3. The zero-order valence-corrected chi connectivity index (χ0v) is 81.6. The maximum Gasteiger partial charge on any atom is 0.0544 e. The molecule has 131 heavy (non-hydrogen) atoms. The van der Waals surface area contributed by atoms with Gasteiger partial charge in [0.05, 0.1) is 17.1 Å². The van der Waals surface area contributed by atoms with Crippen LogP contribution in [0.5, 0.6) is 0 Å². The Balaban J connectivity index is 0.696. The lowest BCUT2D eigenvalue weighted by atomic mass is 9.70. The molecule has 0 saturated heterocycles. The molecule has 0 bridgehead atoms. The monoisotopic (exact) mass is 1720 g/mol. The third-order valence-corrected chi connectivity index (χ3v) is 33.5. The number of fused-ring (bicyclic) bond motifs is 20. The van der Waals surface area contributed by atoms with Gasteiger partial charge < -0.3 is 4.90 Å². The van der Waals surface area contributed by atoms with Gasteiger partial charge in [0, 0.05) is 49.0 Å². The van der Waals surface area contributed by atoms with Crippen molar-refractivity contribution in [2.45, 2.75) is 309 Å². The van der Waals surface area contributed by atoms with Gasteiger partial charge in [-0.25, -0.2) is 0 Å². The van der Waals surface area contributed by atoms with Crippen LogP contribution in [0, 0.1) is 13.8 Å². The molecule has 0 atom stereocenters. The van der Waals surface area contributed by atoms with Gasteiger partial charge in [-0.2, -0.15) is 0 Å². The van der Waals surface area contributed by atoms with E-state index in [2.05, 4.69) is 363 Å². The summed E-state index contributed by atoms with van der Waals surface area (Å²) in [6.07, 6.45) is 36.4. The topological polar surface area (TPSA) is 3.24 Å². The van der Waals surface area contributed by atoms with Crippen LogP contribution in [-0.2, 0) is 32.5 Å². The second-order valence-electron chi connectivity index (χ2n) is 43.0. The summed E-state index contributed by atoms with van der Waals surface area (Å²) >= 11 is 0. The predicted molar refractivity (Wildman–Crippen MR) is 565 cm³/mol. The molecule has 0 aliphatic heterocycles. The summed E-state index contributed by atoms with van der Waals surface area (Å²) in [4.78, 5) is 2.74. The molecule has 0 amide bonds. The Morgan fingerprint density at radius 1 is 0.191 bits per heavy atom. The molecule has 0 heterocycles. The van der Waals surface area contributed by atoms with Gasteiger partial charge in [0.2, 0.25) is 0 Å². The molecule has 0 fully saturated rings. The van der Waals surface area contributed by atoms with Crippen LogP contribution >= 0.6 is 0 Å². The first-order valence-electron chi connectivity index (χ1n) is 51.6. The fourth-order valence-electron chi connectivity index (χ4n) is 26.3. The summed E-state index contributed by atoms with van der Waals surface area (Å²) in [5, 5.41) is 2.53. The number of hydrogen-bond donors (Lipinski definition) is 0. The largest absolute Gasteiger partial charge is 0.309 e. The minimum Gasteiger partial charge on any atom is -0.309 e. The number of anilines is 3. The summed E-state index contributed by atoms with van der Waals surface area (Å²) in [7, 11) is 0. The molecule has 0 saturated carbocycles. The van der Waals surface area contributed by atoms with Crippen LogP contribution in [0.4, 0.5) is 17.1 Å². The molecule has 6 aliphatic carbocycles. The van der Waals surface area contributed by atoms with E-state index in [1.54, 1.807) is 22.3 Å². The van der Waals surface area contributed by atoms with E-state index in [0.29, 0.717) is 0 Å². The summed E-state index contributed by atoms with van der Waals surface area (Å²) < 4.78 is 0. The SMILES string of the molecule is CCCCCCCCC1(CCCCCCCC)c2ccccc2-c2ccc(-c3ccc4c(c3)C(C)(C)c3cc(-c5c(C)cccc5N(c5cccc(C)c5-c5ccc6c(c5)C(C)(C)c5cc(-c7ccc8c(c7)C(CCCCCCCC)(CCCCCCCC)c7ccccc7-8)ccc5-6)c5cc6c(c7ccccc57)-c5cc7c(cc5C6(C)C)-c5ccccc5C7(C)C)ccc3-4)cc21. The van der Waals surface area contributed by atoms with Crippen molar-refractivity contribution in [2.24, 2.45) is 0 Å². The Hall–Kier alpha value is -10.9. The van der Waals surface area contributed by atoms with Crippen LogP contribution in [0.2, 0.25) is 0 Å². The van der Waals surface area contributed by atoms with Gasteiger partial charge in [-0.15, -0.1) is 0 Å². The first-order valence-corrected chi connectivity index (χ1v) is 51.6. The van der Waals surface area contributed by atoms with Crippen molar-refractivity contribution in [3.63, 3.8) is 0 Å². The predicted octanol–water partition coefficient (Wildman–Crippen LogP) is 38.4. The average molecular weight is 1720 g/mol. The third-order valence-electron chi connectivity index (χ3n) is 33.5. The highest BCUT2D eigenvalue weighted by Gasteiger charge is 2.48. The van der Waals surface area contributed by atoms with Crippen LogP contribution in [0.15, 0.2) is 261 Å². The maximum atomic E-state index is 2.74. The van der Waals surface area contributed by atoms with E-state index >= 15 is 0 Å². The molecule has 0 spiro atoms. The molecule has 1 nitrogen and oxygen atoms in total. The van der Waals surface area contributed by atoms with Gasteiger partial charge >= 0.3 is 0 Å². The molecule has 6 aliphatic rings. The van der Waals surface area contributed by atoms with Gasteiger partial charge in [-0.3, -0.25) is 0 Å². The van der Waals surface area contributed by atoms with Crippen molar-refractivity contribution < 1.29 is 0 Å². The molecule has 666 valence electrons. The normalized spacial score (nSPS) is 15.4. The van der Waals surface area contributed by atoms with E-state index in [0.717, 1.165) is 0 Å². The van der Waals surface area contributed by atoms with E-state index in [-0.39, 0.29) is 32.5 Å². The lowest BCUT2D eigenvalue weighted by Crippen LogP contribution is -2.25. The minimum absolute atomic E-state index is 0.0124. The Morgan fingerprint density at radius 2 is 0.473 bits per heavy atom. The molecule has 0 radical (unpaired) electrons. The van der Waals surface area contributed by atoms with Crippen LogP contribution in [-0.4, -0.2) is 0 Å². The second-order valence-corrected chi connectivity index (χ2v) is 43.0. The standard InChI is InChI=1S/C130H141N/c1-15-19-23-27-31-43-73-129(74-44-32-28-24-20-16-2)108-57-41-38-51-94(108)101-69-63-90(79-116(101)129)88-61-67-97-99-71-65-92(81-112(99)126(9,10)110(97)77-88)122-86(5)49-47-59-119(122)131(121-85-118-124(104-55-36-35-54-103(104)121)106-84-114-105(83-115(106)128(118,13)14)96-53-37-40-56-107(96)125(114,7)8)120-60-48-50-87(6)123(120)93-66-72-100-98-68-62-89(78-111(98)127(11,12)113(100)82-93)91-64-70-102-95-52-39-42-58-109(95)130(117(102)80-91,75-45-33-29-25-21-17-3)76-46-34-30-26-22-18-4/h35-42,47-72,77-85H,15-34,43-46,73-76H2,1-14H3. The van der Waals surface area contributed by atoms with Crippen molar-refractivity contribution in [1.29, 1.82) is 0 Å². The minimum atomic E-state index is -0.341.